The molecule has 14 heavy (non-hydrogen) atoms. The van der Waals surface area contributed by atoms with E-state index >= 15 is 0 Å². The smallest absolute Gasteiger partial charge is 0.258 e. The molecule has 1 aromatic carbocycles. The van der Waals surface area contributed by atoms with E-state index in [1.807, 2.05) is 12.1 Å². The Labute approximate surface area is 90.4 Å². The van der Waals surface area contributed by atoms with Crippen LogP contribution >= 0.6 is 15.9 Å². The topological polar surface area (TPSA) is 43.1 Å². The van der Waals surface area contributed by atoms with Gasteiger partial charge in [-0.2, -0.15) is 0 Å². The number of non-ortho nitro benzene ring substituents is 1. The minimum absolute atomic E-state index is 0.171. The lowest BCUT2D eigenvalue weighted by Gasteiger charge is -1.97. The second-order valence-electron chi connectivity index (χ2n) is 3.61. The molecule has 0 amide bonds. The summed E-state index contributed by atoms with van der Waals surface area (Å²) in [5, 5.41) is 11.4. The van der Waals surface area contributed by atoms with Crippen molar-refractivity contribution in [3.8, 4) is 0 Å². The molecule has 2 atom stereocenters. The van der Waals surface area contributed by atoms with Crippen molar-refractivity contribution < 1.29 is 4.92 Å². The molecule has 3 nitrogen and oxygen atoms in total. The third-order valence-corrected chi connectivity index (χ3v) is 3.48. The van der Waals surface area contributed by atoms with Crippen LogP contribution in [-0.2, 0) is 0 Å². The van der Waals surface area contributed by atoms with Crippen molar-refractivity contribution in [2.45, 2.75) is 12.3 Å². The third-order valence-electron chi connectivity index (χ3n) is 2.65. The molecule has 2 unspecified atom stereocenters. The van der Waals surface area contributed by atoms with Crippen LogP contribution in [0.1, 0.15) is 17.9 Å². The van der Waals surface area contributed by atoms with Crippen molar-refractivity contribution in [2.24, 2.45) is 5.92 Å². The highest BCUT2D eigenvalue weighted by atomic mass is 79.9. The lowest BCUT2D eigenvalue weighted by molar-refractivity contribution is -0.384. The molecule has 0 aliphatic heterocycles. The molecule has 0 aromatic heterocycles. The van der Waals surface area contributed by atoms with E-state index in [0.717, 1.165) is 11.2 Å². The van der Waals surface area contributed by atoms with Gasteiger partial charge in [0.25, 0.3) is 5.69 Å². The molecule has 0 spiro atoms. The van der Waals surface area contributed by atoms with Gasteiger partial charge in [-0.15, -0.1) is 0 Å². The van der Waals surface area contributed by atoms with Crippen LogP contribution in [0.25, 0.3) is 0 Å². The van der Waals surface area contributed by atoms with Gasteiger partial charge in [0, 0.05) is 17.5 Å². The van der Waals surface area contributed by atoms with Crippen molar-refractivity contribution >= 4 is 21.6 Å². The first-order chi connectivity index (χ1) is 6.72. The number of benzene rings is 1. The average molecular weight is 256 g/mol. The number of nitrogens with zero attached hydrogens (tertiary/aromatic N) is 1. The van der Waals surface area contributed by atoms with Crippen LogP contribution in [0.15, 0.2) is 24.3 Å². The lowest BCUT2D eigenvalue weighted by atomic mass is 10.1. The lowest BCUT2D eigenvalue weighted by Crippen LogP contribution is -1.89. The van der Waals surface area contributed by atoms with Crippen molar-refractivity contribution in [1.82, 2.24) is 0 Å². The van der Waals surface area contributed by atoms with E-state index in [1.54, 1.807) is 12.1 Å². The van der Waals surface area contributed by atoms with Gasteiger partial charge in [0.1, 0.15) is 0 Å². The van der Waals surface area contributed by atoms with Gasteiger partial charge in [0.05, 0.1) is 4.92 Å². The monoisotopic (exact) mass is 255 g/mol. The predicted molar refractivity (Wildman–Crippen MR) is 57.7 cm³/mol. The van der Waals surface area contributed by atoms with Gasteiger partial charge in [-0.1, -0.05) is 28.1 Å². The number of halogens is 1. The fourth-order valence-corrected chi connectivity index (χ4v) is 2.39. The van der Waals surface area contributed by atoms with E-state index in [1.165, 1.54) is 12.0 Å². The Morgan fingerprint density at radius 1 is 1.43 bits per heavy atom. The quantitative estimate of drug-likeness (QED) is 0.473. The molecule has 1 aliphatic rings. The summed E-state index contributed by atoms with van der Waals surface area (Å²) >= 11 is 3.44. The Kier molecular flexibility index (Phi) is 2.54. The zero-order chi connectivity index (χ0) is 10.1. The molecule has 1 aromatic rings. The van der Waals surface area contributed by atoms with E-state index < -0.39 is 0 Å². The molecule has 0 bridgehead atoms. The van der Waals surface area contributed by atoms with Crippen molar-refractivity contribution in [3.63, 3.8) is 0 Å². The van der Waals surface area contributed by atoms with E-state index in [-0.39, 0.29) is 10.6 Å². The summed E-state index contributed by atoms with van der Waals surface area (Å²) in [4.78, 5) is 10.1. The van der Waals surface area contributed by atoms with Crippen LogP contribution in [0.2, 0.25) is 0 Å². The number of nitro groups is 1. The summed E-state index contributed by atoms with van der Waals surface area (Å²) in [6, 6.07) is 6.90. The highest BCUT2D eigenvalue weighted by Gasteiger charge is 2.37. The van der Waals surface area contributed by atoms with Crippen molar-refractivity contribution in [1.29, 1.82) is 0 Å². The van der Waals surface area contributed by atoms with Crippen LogP contribution in [0.3, 0.4) is 0 Å². The van der Waals surface area contributed by atoms with Gasteiger partial charge < -0.3 is 0 Å². The van der Waals surface area contributed by atoms with Crippen LogP contribution in [-0.4, -0.2) is 10.3 Å². The summed E-state index contributed by atoms with van der Waals surface area (Å²) in [7, 11) is 0. The Balaban J connectivity index is 2.11. The molecular weight excluding hydrogens is 246 g/mol. The predicted octanol–water partition coefficient (Wildman–Crippen LogP) is 3.09. The molecule has 0 heterocycles. The highest BCUT2D eigenvalue weighted by molar-refractivity contribution is 9.09. The second-order valence-corrected chi connectivity index (χ2v) is 4.25. The van der Waals surface area contributed by atoms with Crippen molar-refractivity contribution in [3.05, 3.63) is 39.9 Å². The molecule has 0 radical (unpaired) electrons. The molecule has 2 rings (SSSR count). The van der Waals surface area contributed by atoms with Gasteiger partial charge in [-0.25, -0.2) is 0 Å². The van der Waals surface area contributed by atoms with Crippen molar-refractivity contribution in [2.75, 3.05) is 5.33 Å². The number of hydrogen-bond acceptors (Lipinski definition) is 2. The molecule has 1 aliphatic carbocycles. The standard InChI is InChI=1S/C10H10BrNO2/c11-6-8-5-10(8)7-1-3-9(4-2-7)12(13)14/h1-4,8,10H,5-6H2. The minimum atomic E-state index is -0.362. The zero-order valence-electron chi connectivity index (χ0n) is 7.52. The zero-order valence-corrected chi connectivity index (χ0v) is 9.11. The Hall–Kier alpha value is -0.900. The highest BCUT2D eigenvalue weighted by Crippen LogP contribution is 2.48. The summed E-state index contributed by atoms with van der Waals surface area (Å²) < 4.78 is 0. The fraction of sp³-hybridized carbons (Fsp3) is 0.400. The van der Waals surface area contributed by atoms with E-state index in [0.29, 0.717) is 5.92 Å². The van der Waals surface area contributed by atoms with Gasteiger partial charge in [-0.05, 0) is 23.8 Å². The normalized spacial score (nSPS) is 24.6. The third kappa shape index (κ3) is 1.80. The van der Waals surface area contributed by atoms with E-state index in [4.69, 9.17) is 0 Å². The molecular formula is C10H10BrNO2. The molecule has 74 valence electrons. The second kappa shape index (κ2) is 3.69. The number of nitro benzene ring substituents is 1. The number of rotatable bonds is 3. The Morgan fingerprint density at radius 3 is 2.50 bits per heavy atom. The maximum Gasteiger partial charge on any atom is 0.269 e. The first-order valence-corrected chi connectivity index (χ1v) is 5.65. The summed E-state index contributed by atoms with van der Waals surface area (Å²) in [6.45, 7) is 0. The van der Waals surface area contributed by atoms with E-state index in [9.17, 15) is 10.1 Å². The minimum Gasteiger partial charge on any atom is -0.258 e. The van der Waals surface area contributed by atoms with Crippen LogP contribution < -0.4 is 0 Å². The van der Waals surface area contributed by atoms with Gasteiger partial charge >= 0.3 is 0 Å². The Morgan fingerprint density at radius 2 is 2.07 bits per heavy atom. The molecule has 1 fully saturated rings. The maximum absolute atomic E-state index is 10.4. The maximum atomic E-state index is 10.4. The first kappa shape index (κ1) is 9.65. The summed E-state index contributed by atoms with van der Waals surface area (Å²) in [5.41, 5.74) is 1.39. The van der Waals surface area contributed by atoms with Crippen LogP contribution in [0.5, 0.6) is 0 Å². The van der Waals surface area contributed by atoms with E-state index in [2.05, 4.69) is 15.9 Å². The summed E-state index contributed by atoms with van der Waals surface area (Å²) in [6.07, 6.45) is 1.20. The largest absolute Gasteiger partial charge is 0.269 e. The summed E-state index contributed by atoms with van der Waals surface area (Å²) in [5.74, 6) is 1.33. The van der Waals surface area contributed by atoms with Gasteiger partial charge in [-0.3, -0.25) is 10.1 Å². The van der Waals surface area contributed by atoms with Gasteiger partial charge in [0.15, 0.2) is 0 Å². The fourth-order valence-electron chi connectivity index (χ4n) is 1.67. The first-order valence-electron chi connectivity index (χ1n) is 4.52. The molecule has 0 saturated heterocycles. The van der Waals surface area contributed by atoms with Crippen LogP contribution in [0.4, 0.5) is 5.69 Å². The molecule has 1 saturated carbocycles. The SMILES string of the molecule is O=[N+]([O-])c1ccc(C2CC2CBr)cc1. The van der Waals surface area contributed by atoms with Gasteiger partial charge in [0.2, 0.25) is 0 Å². The molecule has 4 heteroatoms. The average Bonchev–Trinajstić information content (AvgIpc) is 2.97. The van der Waals surface area contributed by atoms with Crippen LogP contribution in [0, 0.1) is 16.0 Å². The Bertz CT molecular complexity index is 350. The number of alkyl halides is 1. The molecule has 0 N–H and O–H groups in total. The number of hydrogen-bond donors (Lipinski definition) is 0.